The van der Waals surface area contributed by atoms with Crippen LogP contribution in [0.4, 0.5) is 22.0 Å². The van der Waals surface area contributed by atoms with Gasteiger partial charge >= 0.3 is 24.0 Å². The molecule has 0 spiro atoms. The number of carboxylic acids is 1. The van der Waals surface area contributed by atoms with Gasteiger partial charge in [0.15, 0.2) is 5.60 Å². The van der Waals surface area contributed by atoms with E-state index in [-0.39, 0.29) is 11.3 Å². The summed E-state index contributed by atoms with van der Waals surface area (Å²) in [5.74, 6) is -9.68. The number of carbonyl (C=O) groups is 2. The molecule has 1 atom stereocenters. The first-order valence-corrected chi connectivity index (χ1v) is 5.11. The molecule has 0 saturated carbocycles. The van der Waals surface area contributed by atoms with Crippen LogP contribution < -0.4 is 0 Å². The Bertz CT molecular complexity index is 397. The number of piperidine rings is 1. The Kier molecular flexibility index (Phi) is 3.76. The maximum atomic E-state index is 13.3. The van der Waals surface area contributed by atoms with Gasteiger partial charge in [-0.05, 0) is 12.8 Å². The van der Waals surface area contributed by atoms with E-state index in [9.17, 15) is 36.6 Å². The number of alkyl halides is 5. The number of hydrogen-bond donors (Lipinski definition) is 2. The molecule has 110 valence electrons. The number of β-amino-alcohol motifs (C(OH)–C–C–N with tert-alkyl or cyclic N) is 1. The van der Waals surface area contributed by atoms with Crippen molar-refractivity contribution in [3.8, 4) is 0 Å². The number of likely N-dealkylation sites (tertiary alicyclic amines) is 1. The van der Waals surface area contributed by atoms with E-state index in [4.69, 9.17) is 5.11 Å². The van der Waals surface area contributed by atoms with Gasteiger partial charge in [0, 0.05) is 6.54 Å². The van der Waals surface area contributed by atoms with Gasteiger partial charge in [0.05, 0.1) is 6.54 Å². The molecule has 1 aliphatic heterocycles. The third kappa shape index (κ3) is 2.77. The zero-order chi connectivity index (χ0) is 15.1. The molecule has 19 heavy (non-hydrogen) atoms. The van der Waals surface area contributed by atoms with Crippen molar-refractivity contribution in [2.75, 3.05) is 13.1 Å². The number of aliphatic hydroxyl groups is 1. The second kappa shape index (κ2) is 4.58. The Labute approximate surface area is 103 Å². The van der Waals surface area contributed by atoms with E-state index >= 15 is 0 Å². The van der Waals surface area contributed by atoms with Gasteiger partial charge in [0.1, 0.15) is 0 Å². The third-order valence-electron chi connectivity index (χ3n) is 2.85. The predicted molar refractivity (Wildman–Crippen MR) is 49.4 cm³/mol. The summed E-state index contributed by atoms with van der Waals surface area (Å²) < 4.78 is 63.1. The van der Waals surface area contributed by atoms with E-state index in [1.165, 1.54) is 0 Å². The van der Waals surface area contributed by atoms with Crippen LogP contribution in [0.1, 0.15) is 12.8 Å². The normalized spacial score (nSPS) is 25.3. The van der Waals surface area contributed by atoms with Crippen LogP contribution in [0.2, 0.25) is 0 Å². The average Bonchev–Trinajstić information content (AvgIpc) is 2.26. The average molecular weight is 291 g/mol. The molecule has 1 fully saturated rings. The van der Waals surface area contributed by atoms with Gasteiger partial charge < -0.3 is 15.1 Å². The molecule has 5 nitrogen and oxygen atoms in total. The molecule has 1 saturated heterocycles. The summed E-state index contributed by atoms with van der Waals surface area (Å²) in [6.07, 6.45) is -6.34. The smallest absolute Gasteiger partial charge is 0.471 e. The predicted octanol–water partition coefficient (Wildman–Crippen LogP) is 0.622. The summed E-state index contributed by atoms with van der Waals surface area (Å²) >= 11 is 0. The first kappa shape index (κ1) is 15.6. The van der Waals surface area contributed by atoms with Gasteiger partial charge in [-0.2, -0.15) is 22.0 Å². The topological polar surface area (TPSA) is 77.8 Å². The van der Waals surface area contributed by atoms with Crippen molar-refractivity contribution in [1.82, 2.24) is 4.90 Å². The Balaban J connectivity index is 2.97. The number of halogens is 5. The van der Waals surface area contributed by atoms with Crippen LogP contribution in [0.25, 0.3) is 0 Å². The highest BCUT2D eigenvalue weighted by molar-refractivity contribution is 5.82. The number of nitrogens with zero attached hydrogens (tertiary/aromatic N) is 1. The van der Waals surface area contributed by atoms with E-state index in [2.05, 4.69) is 0 Å². The first-order valence-electron chi connectivity index (χ1n) is 5.11. The van der Waals surface area contributed by atoms with Crippen molar-refractivity contribution in [1.29, 1.82) is 0 Å². The highest BCUT2D eigenvalue weighted by Gasteiger charge is 2.61. The monoisotopic (exact) mass is 291 g/mol. The lowest BCUT2D eigenvalue weighted by Crippen LogP contribution is -2.63. The van der Waals surface area contributed by atoms with E-state index in [1.54, 1.807) is 0 Å². The number of amides is 1. The van der Waals surface area contributed by atoms with E-state index < -0.39 is 49.1 Å². The number of carboxylic acid groups (broad SMARTS) is 1. The summed E-state index contributed by atoms with van der Waals surface area (Å²) in [5.41, 5.74) is -3.21. The molecule has 0 bridgehead atoms. The van der Waals surface area contributed by atoms with Gasteiger partial charge in [0.25, 0.3) is 0 Å². The SMILES string of the molecule is O=C(N1CCCC(O)(C(F)(F)C(=O)O)C1)C(F)(F)F. The standard InChI is InChI=1S/C9H10F5NO4/c10-8(11,6(17)18)7(19)2-1-3-15(4-7)5(16)9(12,13)14/h19H,1-4H2,(H,17,18). The number of rotatable bonds is 2. The second-order valence-electron chi connectivity index (χ2n) is 4.24. The molecule has 0 aliphatic carbocycles. The van der Waals surface area contributed by atoms with Crippen LogP contribution in [0.3, 0.4) is 0 Å². The zero-order valence-corrected chi connectivity index (χ0v) is 9.38. The van der Waals surface area contributed by atoms with Crippen molar-refractivity contribution >= 4 is 11.9 Å². The van der Waals surface area contributed by atoms with E-state index in [0.29, 0.717) is 0 Å². The Morgan fingerprint density at radius 3 is 2.11 bits per heavy atom. The van der Waals surface area contributed by atoms with Crippen LogP contribution in [-0.2, 0) is 9.59 Å². The summed E-state index contributed by atoms with van der Waals surface area (Å²) in [4.78, 5) is 21.3. The molecule has 0 aromatic carbocycles. The molecule has 1 amide bonds. The lowest BCUT2D eigenvalue weighted by Gasteiger charge is -2.41. The van der Waals surface area contributed by atoms with Gasteiger partial charge in [-0.1, -0.05) is 0 Å². The Morgan fingerprint density at radius 1 is 1.16 bits per heavy atom. The van der Waals surface area contributed by atoms with Gasteiger partial charge in [-0.15, -0.1) is 0 Å². The molecular formula is C9H10F5NO4. The van der Waals surface area contributed by atoms with Crippen molar-refractivity contribution in [2.45, 2.75) is 30.5 Å². The van der Waals surface area contributed by atoms with Crippen LogP contribution in [-0.4, -0.2) is 57.8 Å². The second-order valence-corrected chi connectivity index (χ2v) is 4.24. The largest absolute Gasteiger partial charge is 0.477 e. The summed E-state index contributed by atoms with van der Waals surface area (Å²) in [6, 6.07) is 0. The third-order valence-corrected chi connectivity index (χ3v) is 2.85. The molecular weight excluding hydrogens is 281 g/mol. The van der Waals surface area contributed by atoms with Crippen molar-refractivity contribution in [3.63, 3.8) is 0 Å². The quantitative estimate of drug-likeness (QED) is 0.731. The highest BCUT2D eigenvalue weighted by Crippen LogP contribution is 2.37. The zero-order valence-electron chi connectivity index (χ0n) is 9.38. The fraction of sp³-hybridized carbons (Fsp3) is 0.778. The minimum absolute atomic E-state index is 0.0135. The number of aliphatic carboxylic acids is 1. The molecule has 0 aromatic rings. The Hall–Kier alpha value is -1.45. The minimum Gasteiger partial charge on any atom is -0.477 e. The molecule has 10 heteroatoms. The first-order chi connectivity index (χ1) is 8.42. The van der Waals surface area contributed by atoms with Gasteiger partial charge in [-0.3, -0.25) is 4.79 Å². The lowest BCUT2D eigenvalue weighted by atomic mass is 9.86. The van der Waals surface area contributed by atoms with Crippen molar-refractivity contribution < 1.29 is 41.8 Å². The molecule has 1 rings (SSSR count). The van der Waals surface area contributed by atoms with Gasteiger partial charge in [-0.25, -0.2) is 4.79 Å². The minimum atomic E-state index is -5.27. The Morgan fingerprint density at radius 2 is 1.68 bits per heavy atom. The molecule has 1 unspecified atom stereocenters. The molecule has 1 aliphatic rings. The summed E-state index contributed by atoms with van der Waals surface area (Å²) in [5, 5.41) is 17.9. The summed E-state index contributed by atoms with van der Waals surface area (Å²) in [6.45, 7) is -1.86. The fourth-order valence-electron chi connectivity index (χ4n) is 1.84. The molecule has 2 N–H and O–H groups in total. The molecule has 1 heterocycles. The van der Waals surface area contributed by atoms with Crippen LogP contribution in [0.5, 0.6) is 0 Å². The highest BCUT2D eigenvalue weighted by atomic mass is 19.4. The maximum Gasteiger partial charge on any atom is 0.471 e. The van der Waals surface area contributed by atoms with E-state index in [1.807, 2.05) is 0 Å². The number of hydrogen-bond acceptors (Lipinski definition) is 3. The van der Waals surface area contributed by atoms with Crippen LogP contribution >= 0.6 is 0 Å². The van der Waals surface area contributed by atoms with Gasteiger partial charge in [0.2, 0.25) is 0 Å². The van der Waals surface area contributed by atoms with E-state index in [0.717, 1.165) is 0 Å². The molecule has 0 aromatic heterocycles. The fourth-order valence-corrected chi connectivity index (χ4v) is 1.84. The number of carbonyl (C=O) groups excluding carboxylic acids is 1. The maximum absolute atomic E-state index is 13.3. The summed E-state index contributed by atoms with van der Waals surface area (Å²) in [7, 11) is 0. The van der Waals surface area contributed by atoms with Crippen LogP contribution in [0.15, 0.2) is 0 Å². The molecule has 0 radical (unpaired) electrons. The van der Waals surface area contributed by atoms with Crippen LogP contribution in [0, 0.1) is 0 Å². The lowest BCUT2D eigenvalue weighted by molar-refractivity contribution is -0.226. The van der Waals surface area contributed by atoms with Crippen molar-refractivity contribution in [3.05, 3.63) is 0 Å². The van der Waals surface area contributed by atoms with Crippen molar-refractivity contribution in [2.24, 2.45) is 0 Å².